The second kappa shape index (κ2) is 4.78. The molecule has 0 atom stereocenters. The number of carbonyl (C=O) groups is 1. The van der Waals surface area contributed by atoms with E-state index in [1.165, 1.54) is 19.3 Å². The molecular formula is C11H13ClN2O2. The van der Waals surface area contributed by atoms with E-state index in [1.807, 2.05) is 0 Å². The zero-order chi connectivity index (χ0) is 11.5. The van der Waals surface area contributed by atoms with Crippen LogP contribution >= 0.6 is 11.6 Å². The van der Waals surface area contributed by atoms with Crippen LogP contribution in [0.1, 0.15) is 54.1 Å². The highest BCUT2D eigenvalue weighted by Crippen LogP contribution is 2.32. The molecule has 0 saturated heterocycles. The van der Waals surface area contributed by atoms with Crippen LogP contribution in [0.15, 0.2) is 6.07 Å². The zero-order valence-electron chi connectivity index (χ0n) is 8.82. The fourth-order valence-corrected chi connectivity index (χ4v) is 2.31. The van der Waals surface area contributed by atoms with Crippen molar-refractivity contribution in [3.8, 4) is 0 Å². The molecule has 0 amide bonds. The second-order valence-electron chi connectivity index (χ2n) is 4.11. The number of rotatable bonds is 2. The molecule has 5 heteroatoms. The molecule has 0 spiro atoms. The molecule has 1 saturated carbocycles. The van der Waals surface area contributed by atoms with Crippen molar-refractivity contribution in [1.82, 2.24) is 10.2 Å². The van der Waals surface area contributed by atoms with Crippen molar-refractivity contribution in [2.75, 3.05) is 0 Å². The predicted molar refractivity (Wildman–Crippen MR) is 59.8 cm³/mol. The molecule has 1 aromatic rings. The third kappa shape index (κ3) is 2.32. The van der Waals surface area contributed by atoms with Gasteiger partial charge in [0, 0.05) is 5.92 Å². The maximum absolute atomic E-state index is 10.9. The van der Waals surface area contributed by atoms with E-state index in [2.05, 4.69) is 10.2 Å². The third-order valence-electron chi connectivity index (χ3n) is 3.02. The molecule has 1 N–H and O–H groups in total. The number of halogens is 1. The number of carboxylic acids is 1. The Labute approximate surface area is 98.6 Å². The summed E-state index contributed by atoms with van der Waals surface area (Å²) in [5, 5.41) is 16.6. The topological polar surface area (TPSA) is 63.1 Å². The van der Waals surface area contributed by atoms with E-state index in [0.29, 0.717) is 5.92 Å². The Hall–Kier alpha value is -1.16. The summed E-state index contributed by atoms with van der Waals surface area (Å²) in [4.78, 5) is 10.9. The van der Waals surface area contributed by atoms with E-state index in [0.717, 1.165) is 18.5 Å². The standard InChI is InChI=1S/C11H13ClN2O2/c12-10-8(11(15)16)6-9(13-14-10)7-4-2-1-3-5-7/h6-7H,1-5H2,(H,15,16). The molecule has 0 unspecified atom stereocenters. The van der Waals surface area contributed by atoms with Crippen LogP contribution in [0.25, 0.3) is 0 Å². The summed E-state index contributed by atoms with van der Waals surface area (Å²) in [6, 6.07) is 1.56. The highest BCUT2D eigenvalue weighted by atomic mass is 35.5. The van der Waals surface area contributed by atoms with E-state index in [4.69, 9.17) is 16.7 Å². The van der Waals surface area contributed by atoms with E-state index < -0.39 is 5.97 Å². The molecule has 0 bridgehead atoms. The van der Waals surface area contributed by atoms with Crippen LogP contribution in [0.5, 0.6) is 0 Å². The van der Waals surface area contributed by atoms with Gasteiger partial charge in [0.05, 0.1) is 5.69 Å². The van der Waals surface area contributed by atoms with Crippen LogP contribution in [0.4, 0.5) is 0 Å². The Morgan fingerprint density at radius 1 is 1.31 bits per heavy atom. The molecule has 1 aromatic heterocycles. The van der Waals surface area contributed by atoms with Crippen LogP contribution in [-0.2, 0) is 0 Å². The van der Waals surface area contributed by atoms with Gasteiger partial charge in [-0.1, -0.05) is 30.9 Å². The monoisotopic (exact) mass is 240 g/mol. The minimum atomic E-state index is -1.04. The summed E-state index contributed by atoms with van der Waals surface area (Å²) >= 11 is 5.68. The quantitative estimate of drug-likeness (QED) is 0.863. The van der Waals surface area contributed by atoms with Gasteiger partial charge in [0.15, 0.2) is 5.15 Å². The number of nitrogens with zero attached hydrogens (tertiary/aromatic N) is 2. The molecule has 0 aliphatic heterocycles. The molecule has 1 fully saturated rings. The van der Waals surface area contributed by atoms with Crippen LogP contribution in [-0.4, -0.2) is 21.3 Å². The average Bonchev–Trinajstić information content (AvgIpc) is 2.30. The molecule has 1 heterocycles. The Kier molecular flexibility index (Phi) is 3.39. The van der Waals surface area contributed by atoms with Crippen LogP contribution in [0, 0.1) is 0 Å². The average molecular weight is 241 g/mol. The largest absolute Gasteiger partial charge is 0.478 e. The van der Waals surface area contributed by atoms with E-state index in [1.54, 1.807) is 6.07 Å². The maximum Gasteiger partial charge on any atom is 0.338 e. The van der Waals surface area contributed by atoms with Crippen molar-refractivity contribution >= 4 is 17.6 Å². The van der Waals surface area contributed by atoms with Crippen molar-refractivity contribution in [3.63, 3.8) is 0 Å². The van der Waals surface area contributed by atoms with Crippen LogP contribution in [0.2, 0.25) is 5.15 Å². The molecule has 16 heavy (non-hydrogen) atoms. The summed E-state index contributed by atoms with van der Waals surface area (Å²) in [7, 11) is 0. The minimum absolute atomic E-state index is 0.0351. The van der Waals surface area contributed by atoms with Crippen molar-refractivity contribution in [3.05, 3.63) is 22.5 Å². The SMILES string of the molecule is O=C(O)c1cc(C2CCCCC2)nnc1Cl. The summed E-state index contributed by atoms with van der Waals surface area (Å²) in [5.74, 6) is -0.700. The zero-order valence-corrected chi connectivity index (χ0v) is 9.57. The summed E-state index contributed by atoms with van der Waals surface area (Å²) in [5.41, 5.74) is 0.818. The number of aromatic carboxylic acids is 1. The number of carboxylic acid groups (broad SMARTS) is 1. The van der Waals surface area contributed by atoms with Gasteiger partial charge in [0.1, 0.15) is 5.56 Å². The lowest BCUT2D eigenvalue weighted by Crippen LogP contribution is -2.10. The van der Waals surface area contributed by atoms with Gasteiger partial charge in [-0.3, -0.25) is 0 Å². The first-order valence-corrected chi connectivity index (χ1v) is 5.82. The lowest BCUT2D eigenvalue weighted by Gasteiger charge is -2.20. The van der Waals surface area contributed by atoms with Gasteiger partial charge in [-0.2, -0.15) is 5.10 Å². The lowest BCUT2D eigenvalue weighted by molar-refractivity contribution is 0.0696. The van der Waals surface area contributed by atoms with Gasteiger partial charge in [0.2, 0.25) is 0 Å². The first kappa shape index (κ1) is 11.3. The second-order valence-corrected chi connectivity index (χ2v) is 4.47. The summed E-state index contributed by atoms with van der Waals surface area (Å²) < 4.78 is 0. The molecular weight excluding hydrogens is 228 g/mol. The van der Waals surface area contributed by atoms with Gasteiger partial charge < -0.3 is 5.11 Å². The first-order valence-electron chi connectivity index (χ1n) is 5.45. The fourth-order valence-electron chi connectivity index (χ4n) is 2.14. The van der Waals surface area contributed by atoms with Crippen molar-refractivity contribution in [2.45, 2.75) is 38.0 Å². The Balaban J connectivity index is 2.27. The Morgan fingerprint density at radius 2 is 2.00 bits per heavy atom. The number of hydrogen-bond donors (Lipinski definition) is 1. The van der Waals surface area contributed by atoms with Gasteiger partial charge >= 0.3 is 5.97 Å². The molecule has 1 aliphatic carbocycles. The number of aromatic nitrogens is 2. The van der Waals surface area contributed by atoms with Gasteiger partial charge in [0.25, 0.3) is 0 Å². The highest BCUT2D eigenvalue weighted by molar-refractivity contribution is 6.32. The van der Waals surface area contributed by atoms with Crippen LogP contribution < -0.4 is 0 Å². The fraction of sp³-hybridized carbons (Fsp3) is 0.545. The van der Waals surface area contributed by atoms with E-state index >= 15 is 0 Å². The Bertz CT molecular complexity index is 403. The van der Waals surface area contributed by atoms with Gasteiger partial charge in [-0.25, -0.2) is 4.79 Å². The highest BCUT2D eigenvalue weighted by Gasteiger charge is 2.20. The molecule has 2 rings (SSSR count). The van der Waals surface area contributed by atoms with Gasteiger partial charge in [-0.15, -0.1) is 5.10 Å². The predicted octanol–water partition coefficient (Wildman–Crippen LogP) is 2.88. The third-order valence-corrected chi connectivity index (χ3v) is 3.30. The van der Waals surface area contributed by atoms with E-state index in [-0.39, 0.29) is 10.7 Å². The van der Waals surface area contributed by atoms with Gasteiger partial charge in [-0.05, 0) is 18.9 Å². The van der Waals surface area contributed by atoms with Crippen molar-refractivity contribution in [1.29, 1.82) is 0 Å². The minimum Gasteiger partial charge on any atom is -0.478 e. The smallest absolute Gasteiger partial charge is 0.338 e. The molecule has 1 aliphatic rings. The normalized spacial score (nSPS) is 17.3. The molecule has 0 aromatic carbocycles. The summed E-state index contributed by atoms with van der Waals surface area (Å²) in [6.07, 6.45) is 5.74. The van der Waals surface area contributed by atoms with Crippen molar-refractivity contribution in [2.24, 2.45) is 0 Å². The lowest BCUT2D eigenvalue weighted by atomic mass is 9.86. The molecule has 86 valence electrons. The molecule has 0 radical (unpaired) electrons. The molecule has 4 nitrogen and oxygen atoms in total. The Morgan fingerprint density at radius 3 is 2.62 bits per heavy atom. The van der Waals surface area contributed by atoms with Crippen molar-refractivity contribution < 1.29 is 9.90 Å². The maximum atomic E-state index is 10.9. The van der Waals surface area contributed by atoms with E-state index in [9.17, 15) is 4.79 Å². The first-order chi connectivity index (χ1) is 7.68. The van der Waals surface area contributed by atoms with Crippen LogP contribution in [0.3, 0.4) is 0 Å². The summed E-state index contributed by atoms with van der Waals surface area (Å²) in [6.45, 7) is 0. The number of hydrogen-bond acceptors (Lipinski definition) is 3.